The van der Waals surface area contributed by atoms with Crippen molar-refractivity contribution in [2.45, 2.75) is 18.9 Å². The highest BCUT2D eigenvalue weighted by Crippen LogP contribution is 2.21. The fourth-order valence-corrected chi connectivity index (χ4v) is 2.24. The third-order valence-electron chi connectivity index (χ3n) is 3.65. The number of anilines is 2. The van der Waals surface area contributed by atoms with Gasteiger partial charge in [0.1, 0.15) is 5.82 Å². The van der Waals surface area contributed by atoms with E-state index in [-0.39, 0.29) is 30.2 Å². The van der Waals surface area contributed by atoms with Gasteiger partial charge in [0.05, 0.1) is 17.8 Å². The van der Waals surface area contributed by atoms with Crippen molar-refractivity contribution in [3.8, 4) is 0 Å². The molecule has 6 heteroatoms. The third-order valence-corrected chi connectivity index (χ3v) is 3.65. The first-order valence-electron chi connectivity index (χ1n) is 7.81. The highest BCUT2D eigenvalue weighted by Gasteiger charge is 2.23. The van der Waals surface area contributed by atoms with E-state index in [9.17, 15) is 14.0 Å². The third kappa shape index (κ3) is 4.32. The molecule has 0 heterocycles. The van der Waals surface area contributed by atoms with Crippen molar-refractivity contribution in [2.24, 2.45) is 0 Å². The zero-order valence-corrected chi connectivity index (χ0v) is 13.0. The minimum Gasteiger partial charge on any atom is -0.355 e. The smallest absolute Gasteiger partial charge is 0.253 e. The van der Waals surface area contributed by atoms with Crippen LogP contribution in [0.2, 0.25) is 0 Å². The molecule has 0 aromatic heterocycles. The molecule has 2 amide bonds. The molecule has 1 saturated carbocycles. The van der Waals surface area contributed by atoms with Crippen LogP contribution in [0.25, 0.3) is 0 Å². The molecule has 2 aromatic carbocycles. The van der Waals surface area contributed by atoms with E-state index in [2.05, 4.69) is 16.0 Å². The Morgan fingerprint density at radius 3 is 2.46 bits per heavy atom. The fourth-order valence-electron chi connectivity index (χ4n) is 2.24. The van der Waals surface area contributed by atoms with E-state index >= 15 is 0 Å². The Morgan fingerprint density at radius 2 is 1.75 bits per heavy atom. The monoisotopic (exact) mass is 327 g/mol. The van der Waals surface area contributed by atoms with Crippen LogP contribution in [0.5, 0.6) is 0 Å². The predicted octanol–water partition coefficient (Wildman–Crippen LogP) is 2.58. The molecule has 24 heavy (non-hydrogen) atoms. The van der Waals surface area contributed by atoms with E-state index in [4.69, 9.17) is 0 Å². The second-order valence-electron chi connectivity index (χ2n) is 5.70. The Balaban J connectivity index is 1.64. The van der Waals surface area contributed by atoms with Gasteiger partial charge in [0, 0.05) is 11.7 Å². The number of hydrogen-bond donors (Lipinski definition) is 3. The number of carbonyl (C=O) groups is 2. The van der Waals surface area contributed by atoms with Crippen LogP contribution in [-0.2, 0) is 4.79 Å². The van der Waals surface area contributed by atoms with Gasteiger partial charge in [0.2, 0.25) is 5.91 Å². The summed E-state index contributed by atoms with van der Waals surface area (Å²) in [6.45, 7) is -0.0553. The number of benzene rings is 2. The molecule has 3 rings (SSSR count). The van der Waals surface area contributed by atoms with Crippen LogP contribution in [-0.4, -0.2) is 24.4 Å². The Hall–Kier alpha value is -2.89. The van der Waals surface area contributed by atoms with Gasteiger partial charge in [0.25, 0.3) is 5.91 Å². The van der Waals surface area contributed by atoms with E-state index in [0.717, 1.165) is 12.8 Å². The van der Waals surface area contributed by atoms with Gasteiger partial charge in [-0.3, -0.25) is 9.59 Å². The van der Waals surface area contributed by atoms with Crippen molar-refractivity contribution in [3.63, 3.8) is 0 Å². The number of carbonyl (C=O) groups excluding carboxylic acids is 2. The molecule has 1 fully saturated rings. The Labute approximate surface area is 139 Å². The largest absolute Gasteiger partial charge is 0.355 e. The molecule has 3 N–H and O–H groups in total. The van der Waals surface area contributed by atoms with Crippen molar-refractivity contribution in [1.82, 2.24) is 10.6 Å². The number of halogens is 1. The molecule has 0 saturated heterocycles. The summed E-state index contributed by atoms with van der Waals surface area (Å²) in [6.07, 6.45) is 2.01. The van der Waals surface area contributed by atoms with E-state index in [1.54, 1.807) is 36.4 Å². The van der Waals surface area contributed by atoms with Gasteiger partial charge in [0.15, 0.2) is 0 Å². The normalized spacial score (nSPS) is 13.2. The molecule has 2 aromatic rings. The molecular formula is C18H18FN3O2. The second kappa shape index (κ2) is 7.12. The zero-order valence-electron chi connectivity index (χ0n) is 13.0. The number of nitrogens with one attached hydrogen (secondary N) is 3. The molecule has 1 aliphatic carbocycles. The highest BCUT2D eigenvalue weighted by molar-refractivity contribution is 6.01. The molecule has 0 atom stereocenters. The van der Waals surface area contributed by atoms with Crippen molar-refractivity contribution in [2.75, 3.05) is 11.9 Å². The van der Waals surface area contributed by atoms with Gasteiger partial charge in [-0.15, -0.1) is 0 Å². The van der Waals surface area contributed by atoms with E-state index in [1.807, 2.05) is 0 Å². The van der Waals surface area contributed by atoms with Crippen LogP contribution in [0.3, 0.4) is 0 Å². The topological polar surface area (TPSA) is 70.2 Å². The van der Waals surface area contributed by atoms with Crippen molar-refractivity contribution in [1.29, 1.82) is 0 Å². The lowest BCUT2D eigenvalue weighted by Crippen LogP contribution is -2.38. The lowest BCUT2D eigenvalue weighted by atomic mass is 10.1. The molecule has 5 nitrogen and oxygen atoms in total. The molecule has 0 aliphatic heterocycles. The SMILES string of the molecule is O=C(CNC(=O)c1ccccc1Nc1ccc(F)cc1)NC1CC1. The Bertz CT molecular complexity index is 742. The predicted molar refractivity (Wildman–Crippen MR) is 89.6 cm³/mol. The summed E-state index contributed by atoms with van der Waals surface area (Å²) >= 11 is 0. The first kappa shape index (κ1) is 16.0. The maximum Gasteiger partial charge on any atom is 0.253 e. The zero-order chi connectivity index (χ0) is 16.9. The lowest BCUT2D eigenvalue weighted by Gasteiger charge is -2.12. The van der Waals surface area contributed by atoms with Crippen LogP contribution < -0.4 is 16.0 Å². The van der Waals surface area contributed by atoms with Crippen molar-refractivity contribution < 1.29 is 14.0 Å². The maximum absolute atomic E-state index is 13.0. The highest BCUT2D eigenvalue weighted by atomic mass is 19.1. The van der Waals surface area contributed by atoms with Gasteiger partial charge in [-0.2, -0.15) is 0 Å². The minimum atomic E-state index is -0.342. The molecule has 1 aliphatic rings. The quantitative estimate of drug-likeness (QED) is 0.764. The molecule has 0 unspecified atom stereocenters. The number of hydrogen-bond acceptors (Lipinski definition) is 3. The average Bonchev–Trinajstić information content (AvgIpc) is 3.39. The molecule has 124 valence electrons. The summed E-state index contributed by atoms with van der Waals surface area (Å²) in [5, 5.41) is 8.51. The maximum atomic E-state index is 13.0. The first-order chi connectivity index (χ1) is 11.6. The number of rotatable bonds is 6. The van der Waals surface area contributed by atoms with Crippen LogP contribution >= 0.6 is 0 Å². The van der Waals surface area contributed by atoms with Crippen LogP contribution in [0.15, 0.2) is 48.5 Å². The van der Waals surface area contributed by atoms with E-state index in [0.29, 0.717) is 16.9 Å². The first-order valence-corrected chi connectivity index (χ1v) is 7.81. The Morgan fingerprint density at radius 1 is 1.04 bits per heavy atom. The van der Waals surface area contributed by atoms with E-state index in [1.165, 1.54) is 12.1 Å². The lowest BCUT2D eigenvalue weighted by molar-refractivity contribution is -0.120. The summed E-state index contributed by atoms with van der Waals surface area (Å²) in [5.74, 6) is -0.853. The number of amides is 2. The van der Waals surface area contributed by atoms with Gasteiger partial charge in [-0.05, 0) is 49.2 Å². The minimum absolute atomic E-state index is 0.0553. The summed E-state index contributed by atoms with van der Waals surface area (Å²) in [4.78, 5) is 24.0. The van der Waals surface area contributed by atoms with Crippen LogP contribution in [0.4, 0.5) is 15.8 Å². The summed E-state index contributed by atoms with van der Waals surface area (Å²) in [7, 11) is 0. The van der Waals surface area contributed by atoms with Gasteiger partial charge >= 0.3 is 0 Å². The van der Waals surface area contributed by atoms with Gasteiger partial charge in [-0.1, -0.05) is 12.1 Å². The second-order valence-corrected chi connectivity index (χ2v) is 5.70. The Kier molecular flexibility index (Phi) is 4.74. The van der Waals surface area contributed by atoms with Crippen LogP contribution in [0, 0.1) is 5.82 Å². The molecule has 0 radical (unpaired) electrons. The average molecular weight is 327 g/mol. The van der Waals surface area contributed by atoms with Gasteiger partial charge < -0.3 is 16.0 Å². The molecule has 0 spiro atoms. The summed E-state index contributed by atoms with van der Waals surface area (Å²) < 4.78 is 13.0. The molecular weight excluding hydrogens is 309 g/mol. The van der Waals surface area contributed by atoms with E-state index < -0.39 is 0 Å². The molecule has 0 bridgehead atoms. The standard InChI is InChI=1S/C18H18FN3O2/c19-12-5-7-13(8-6-12)21-16-4-2-1-3-15(16)18(24)20-11-17(23)22-14-9-10-14/h1-8,14,21H,9-11H2,(H,20,24)(H,22,23). The summed E-state index contributed by atoms with van der Waals surface area (Å²) in [5.41, 5.74) is 1.67. The van der Waals surface area contributed by atoms with Crippen molar-refractivity contribution in [3.05, 3.63) is 59.9 Å². The summed E-state index contributed by atoms with van der Waals surface area (Å²) in [6, 6.07) is 13.1. The van der Waals surface area contributed by atoms with Gasteiger partial charge in [-0.25, -0.2) is 4.39 Å². The number of para-hydroxylation sites is 1. The van der Waals surface area contributed by atoms with Crippen LogP contribution in [0.1, 0.15) is 23.2 Å². The fraction of sp³-hybridized carbons (Fsp3) is 0.222. The van der Waals surface area contributed by atoms with Crippen molar-refractivity contribution >= 4 is 23.2 Å².